The number of fused-ring (bicyclic) bond motifs is 1. The van der Waals surface area contributed by atoms with E-state index in [2.05, 4.69) is 20.9 Å². The lowest BCUT2D eigenvalue weighted by Crippen LogP contribution is -2.09. The minimum Gasteiger partial charge on any atom is -0.421 e. The Bertz CT molecular complexity index is 972. The number of carbonyl (C=O) groups is 1. The highest BCUT2D eigenvalue weighted by molar-refractivity contribution is 9.10. The summed E-state index contributed by atoms with van der Waals surface area (Å²) in [4.78, 5) is 27.1. The van der Waals surface area contributed by atoms with Gasteiger partial charge in [0.1, 0.15) is 5.52 Å². The van der Waals surface area contributed by atoms with E-state index in [0.29, 0.717) is 15.7 Å². The Hall–Kier alpha value is -2.80. The van der Waals surface area contributed by atoms with Crippen molar-refractivity contribution in [3.8, 4) is 5.75 Å². The first kappa shape index (κ1) is 16.1. The number of para-hydroxylation sites is 1. The summed E-state index contributed by atoms with van der Waals surface area (Å²) in [6, 6.07) is 13.1. The maximum atomic E-state index is 12.3. The number of rotatable bonds is 3. The number of carbonyl (C=O) groups excluding carboxylic acids is 1. The van der Waals surface area contributed by atoms with Gasteiger partial charge in [-0.05, 0) is 47.1 Å². The van der Waals surface area contributed by atoms with Crippen LogP contribution in [0.3, 0.4) is 0 Å². The van der Waals surface area contributed by atoms with Crippen LogP contribution in [0.15, 0.2) is 53.0 Å². The number of nitro groups is 1. The van der Waals surface area contributed by atoms with Gasteiger partial charge in [0.25, 0.3) is 5.69 Å². The van der Waals surface area contributed by atoms with Gasteiger partial charge in [-0.1, -0.05) is 18.2 Å². The van der Waals surface area contributed by atoms with Crippen molar-refractivity contribution in [2.24, 2.45) is 0 Å². The fraction of sp³-hybridized carbons (Fsp3) is 0.0588. The van der Waals surface area contributed by atoms with E-state index in [9.17, 15) is 14.9 Å². The number of ether oxygens (including phenoxy) is 1. The summed E-state index contributed by atoms with van der Waals surface area (Å²) in [5.41, 5.74) is 1.26. The molecule has 0 aliphatic rings. The second-order valence-corrected chi connectivity index (χ2v) is 5.95. The van der Waals surface area contributed by atoms with Gasteiger partial charge < -0.3 is 4.74 Å². The fourth-order valence-electron chi connectivity index (χ4n) is 2.24. The molecule has 2 aromatic carbocycles. The van der Waals surface area contributed by atoms with Crippen LogP contribution in [0, 0.1) is 17.0 Å². The molecule has 0 bridgehead atoms. The van der Waals surface area contributed by atoms with Gasteiger partial charge in [0.2, 0.25) is 0 Å². The van der Waals surface area contributed by atoms with Crippen molar-refractivity contribution >= 4 is 38.5 Å². The molecule has 0 atom stereocenters. The van der Waals surface area contributed by atoms with E-state index in [-0.39, 0.29) is 11.3 Å². The number of halogens is 1. The van der Waals surface area contributed by atoms with Gasteiger partial charge in [-0.3, -0.25) is 10.1 Å². The van der Waals surface area contributed by atoms with Gasteiger partial charge in [0.15, 0.2) is 5.75 Å². The molecule has 3 rings (SSSR count). The average molecular weight is 387 g/mol. The average Bonchev–Trinajstić information content (AvgIpc) is 2.55. The van der Waals surface area contributed by atoms with Crippen molar-refractivity contribution in [2.45, 2.75) is 6.92 Å². The molecule has 0 saturated carbocycles. The number of benzene rings is 2. The number of aromatic nitrogens is 1. The molecule has 0 unspecified atom stereocenters. The first-order valence-corrected chi connectivity index (χ1v) is 7.77. The first-order valence-electron chi connectivity index (χ1n) is 6.98. The van der Waals surface area contributed by atoms with Gasteiger partial charge in [-0.15, -0.1) is 0 Å². The molecule has 1 aromatic heterocycles. The fourth-order valence-corrected chi connectivity index (χ4v) is 2.63. The standard InChI is InChI=1S/C17H11BrN2O4/c1-10-5-6-11-3-2-4-15(16(11)19-10)24-17(21)12-7-8-13(18)14(9-12)20(22)23/h2-9H,1H3. The third-order valence-corrected chi connectivity index (χ3v) is 4.07. The number of esters is 1. The van der Waals surface area contributed by atoms with E-state index in [0.717, 1.165) is 11.1 Å². The summed E-state index contributed by atoms with van der Waals surface area (Å²) in [7, 11) is 0. The Kier molecular flexibility index (Phi) is 4.26. The molecule has 0 N–H and O–H groups in total. The Labute approximate surface area is 145 Å². The van der Waals surface area contributed by atoms with E-state index < -0.39 is 10.9 Å². The Morgan fingerprint density at radius 2 is 2.00 bits per heavy atom. The van der Waals surface area contributed by atoms with Crippen LogP contribution < -0.4 is 4.74 Å². The Balaban J connectivity index is 1.97. The molecular formula is C17H11BrN2O4. The van der Waals surface area contributed by atoms with Crippen LogP contribution in [-0.2, 0) is 0 Å². The predicted octanol–water partition coefficient (Wildman–Crippen LogP) is 4.43. The van der Waals surface area contributed by atoms with E-state index in [1.54, 1.807) is 12.1 Å². The smallest absolute Gasteiger partial charge is 0.343 e. The zero-order valence-electron chi connectivity index (χ0n) is 12.5. The van der Waals surface area contributed by atoms with Crippen molar-refractivity contribution in [3.63, 3.8) is 0 Å². The third-order valence-electron chi connectivity index (χ3n) is 3.40. The largest absolute Gasteiger partial charge is 0.421 e. The van der Waals surface area contributed by atoms with Crippen molar-refractivity contribution < 1.29 is 14.5 Å². The maximum Gasteiger partial charge on any atom is 0.343 e. The molecular weight excluding hydrogens is 376 g/mol. The van der Waals surface area contributed by atoms with E-state index in [4.69, 9.17) is 4.74 Å². The highest BCUT2D eigenvalue weighted by Gasteiger charge is 2.18. The summed E-state index contributed by atoms with van der Waals surface area (Å²) in [6.07, 6.45) is 0. The predicted molar refractivity (Wildman–Crippen MR) is 92.2 cm³/mol. The first-order chi connectivity index (χ1) is 11.5. The summed E-state index contributed by atoms with van der Waals surface area (Å²) >= 11 is 3.08. The van der Waals surface area contributed by atoms with Gasteiger partial charge in [0, 0.05) is 17.1 Å². The van der Waals surface area contributed by atoms with Gasteiger partial charge in [-0.25, -0.2) is 9.78 Å². The lowest BCUT2D eigenvalue weighted by Gasteiger charge is -2.08. The monoisotopic (exact) mass is 386 g/mol. The second kappa shape index (κ2) is 6.37. The lowest BCUT2D eigenvalue weighted by atomic mass is 10.2. The Morgan fingerprint density at radius 3 is 2.75 bits per heavy atom. The van der Waals surface area contributed by atoms with E-state index in [1.165, 1.54) is 18.2 Å². The molecule has 0 radical (unpaired) electrons. The summed E-state index contributed by atoms with van der Waals surface area (Å²) < 4.78 is 5.70. The summed E-state index contributed by atoms with van der Waals surface area (Å²) in [5.74, 6) is -0.367. The SMILES string of the molecule is Cc1ccc2cccc(OC(=O)c3ccc(Br)c([N+](=O)[O-])c3)c2n1. The van der Waals surface area contributed by atoms with Crippen LogP contribution in [0.1, 0.15) is 16.1 Å². The number of aryl methyl sites for hydroxylation is 1. The summed E-state index contributed by atoms with van der Waals surface area (Å²) in [6.45, 7) is 1.84. The van der Waals surface area contributed by atoms with Crippen LogP contribution in [-0.4, -0.2) is 15.9 Å². The molecule has 7 heteroatoms. The van der Waals surface area contributed by atoms with Crippen LogP contribution >= 0.6 is 15.9 Å². The van der Waals surface area contributed by atoms with Crippen LogP contribution in [0.5, 0.6) is 5.75 Å². The van der Waals surface area contributed by atoms with Crippen molar-refractivity contribution in [2.75, 3.05) is 0 Å². The van der Waals surface area contributed by atoms with E-state index in [1.807, 2.05) is 25.1 Å². The number of nitrogens with zero attached hydrogens (tertiary/aromatic N) is 2. The quantitative estimate of drug-likeness (QED) is 0.287. The maximum absolute atomic E-state index is 12.3. The number of hydrogen-bond acceptors (Lipinski definition) is 5. The third kappa shape index (κ3) is 3.11. The number of nitro benzene ring substituents is 1. The molecule has 0 amide bonds. The highest BCUT2D eigenvalue weighted by Crippen LogP contribution is 2.28. The topological polar surface area (TPSA) is 82.3 Å². The van der Waals surface area contributed by atoms with Crippen molar-refractivity contribution in [3.05, 3.63) is 74.4 Å². The molecule has 120 valence electrons. The minimum absolute atomic E-state index is 0.0922. The van der Waals surface area contributed by atoms with Crippen LogP contribution in [0.25, 0.3) is 10.9 Å². The molecule has 0 aliphatic heterocycles. The van der Waals surface area contributed by atoms with E-state index >= 15 is 0 Å². The zero-order chi connectivity index (χ0) is 17.3. The van der Waals surface area contributed by atoms with Crippen molar-refractivity contribution in [1.82, 2.24) is 4.98 Å². The number of hydrogen-bond donors (Lipinski definition) is 0. The normalized spacial score (nSPS) is 10.6. The molecule has 0 fully saturated rings. The van der Waals surface area contributed by atoms with Crippen molar-refractivity contribution in [1.29, 1.82) is 0 Å². The van der Waals surface area contributed by atoms with Gasteiger partial charge in [0.05, 0.1) is 15.0 Å². The second-order valence-electron chi connectivity index (χ2n) is 5.09. The number of pyridine rings is 1. The van der Waals surface area contributed by atoms with Crippen LogP contribution in [0.4, 0.5) is 5.69 Å². The van der Waals surface area contributed by atoms with Crippen LogP contribution in [0.2, 0.25) is 0 Å². The molecule has 0 saturated heterocycles. The van der Waals surface area contributed by atoms with Gasteiger partial charge >= 0.3 is 5.97 Å². The summed E-state index contributed by atoms with van der Waals surface area (Å²) in [5, 5.41) is 11.8. The minimum atomic E-state index is -0.679. The molecule has 24 heavy (non-hydrogen) atoms. The molecule has 0 spiro atoms. The van der Waals surface area contributed by atoms with Gasteiger partial charge in [-0.2, -0.15) is 0 Å². The zero-order valence-corrected chi connectivity index (χ0v) is 14.1. The molecule has 1 heterocycles. The highest BCUT2D eigenvalue weighted by atomic mass is 79.9. The molecule has 0 aliphatic carbocycles. The lowest BCUT2D eigenvalue weighted by molar-refractivity contribution is -0.385. The molecule has 6 nitrogen and oxygen atoms in total. The molecule has 3 aromatic rings. The Morgan fingerprint density at radius 1 is 1.21 bits per heavy atom.